The maximum atomic E-state index is 5.73. The Bertz CT molecular complexity index is 822. The van der Waals surface area contributed by atoms with Crippen molar-refractivity contribution in [3.8, 4) is 17.0 Å². The lowest BCUT2D eigenvalue weighted by atomic mass is 10.0. The van der Waals surface area contributed by atoms with Gasteiger partial charge in [-0.1, -0.05) is 24.3 Å². The van der Waals surface area contributed by atoms with Gasteiger partial charge in [-0.3, -0.25) is 9.88 Å². The minimum absolute atomic E-state index is 0.640. The molecule has 2 aromatic heterocycles. The molecule has 0 N–H and O–H groups in total. The second-order valence-corrected chi connectivity index (χ2v) is 5.81. The molecule has 0 amide bonds. The second-order valence-electron chi connectivity index (χ2n) is 5.81. The molecule has 0 spiro atoms. The number of pyridine rings is 1. The fraction of sp³-hybridized carbons (Fsp3) is 0.211. The van der Waals surface area contributed by atoms with Crippen LogP contribution in [0, 0.1) is 0 Å². The molecule has 3 aromatic rings. The Hall–Kier alpha value is -2.79. The third kappa shape index (κ3) is 3.12. The average Bonchev–Trinajstić information content (AvgIpc) is 2.84. The van der Waals surface area contributed by atoms with Gasteiger partial charge in [-0.2, -0.15) is 0 Å². The molecule has 0 atom stereocenters. The topological polar surface area (TPSA) is 51.1 Å². The number of aromatic nitrogens is 3. The maximum Gasteiger partial charge on any atom is 0.220 e. The molecule has 5 nitrogen and oxygen atoms in total. The molecule has 3 heterocycles. The molecule has 4 rings (SSSR count). The van der Waals surface area contributed by atoms with Crippen LogP contribution in [0.2, 0.25) is 0 Å². The van der Waals surface area contributed by atoms with Crippen LogP contribution in [0.25, 0.3) is 11.1 Å². The van der Waals surface area contributed by atoms with E-state index in [0.717, 1.165) is 25.2 Å². The van der Waals surface area contributed by atoms with Gasteiger partial charge < -0.3 is 4.74 Å². The summed E-state index contributed by atoms with van der Waals surface area (Å²) in [5.74, 6) is 0.704. The monoisotopic (exact) mass is 318 g/mol. The van der Waals surface area contributed by atoms with Crippen LogP contribution in [-0.2, 0) is 13.1 Å². The number of rotatable bonds is 3. The van der Waals surface area contributed by atoms with E-state index in [9.17, 15) is 0 Å². The van der Waals surface area contributed by atoms with Gasteiger partial charge in [0.15, 0.2) is 0 Å². The van der Waals surface area contributed by atoms with Crippen molar-refractivity contribution < 1.29 is 4.74 Å². The summed E-state index contributed by atoms with van der Waals surface area (Å²) in [6, 6.07) is 12.6. The van der Waals surface area contributed by atoms with E-state index in [2.05, 4.69) is 44.1 Å². The van der Waals surface area contributed by atoms with Crippen molar-refractivity contribution >= 4 is 0 Å². The van der Waals surface area contributed by atoms with Gasteiger partial charge in [0.2, 0.25) is 5.88 Å². The van der Waals surface area contributed by atoms with E-state index >= 15 is 0 Å². The van der Waals surface area contributed by atoms with E-state index in [1.165, 1.54) is 23.0 Å². The van der Waals surface area contributed by atoms with Gasteiger partial charge >= 0.3 is 0 Å². The largest absolute Gasteiger partial charge is 0.476 e. The fourth-order valence-electron chi connectivity index (χ4n) is 3.02. The molecule has 0 aliphatic carbocycles. The summed E-state index contributed by atoms with van der Waals surface area (Å²) in [6.07, 6.45) is 7.04. The van der Waals surface area contributed by atoms with Crippen molar-refractivity contribution in [2.24, 2.45) is 0 Å². The molecule has 5 heteroatoms. The first-order chi connectivity index (χ1) is 11.9. The van der Waals surface area contributed by atoms with Gasteiger partial charge in [0.25, 0.3) is 0 Å². The number of hydrogen-bond donors (Lipinski definition) is 0. The Morgan fingerprint density at radius 2 is 1.92 bits per heavy atom. The number of benzene rings is 1. The third-order valence-corrected chi connectivity index (χ3v) is 4.19. The molecule has 0 saturated carbocycles. The lowest BCUT2D eigenvalue weighted by Gasteiger charge is -2.21. The van der Waals surface area contributed by atoms with E-state index in [4.69, 9.17) is 4.74 Å². The van der Waals surface area contributed by atoms with Crippen LogP contribution in [0.15, 0.2) is 61.3 Å². The van der Waals surface area contributed by atoms with Crippen LogP contribution in [-0.4, -0.2) is 33.0 Å². The molecule has 1 aromatic carbocycles. The van der Waals surface area contributed by atoms with E-state index in [0.29, 0.717) is 12.5 Å². The van der Waals surface area contributed by atoms with Gasteiger partial charge in [-0.05, 0) is 28.8 Å². The highest BCUT2D eigenvalue weighted by atomic mass is 16.5. The van der Waals surface area contributed by atoms with Crippen molar-refractivity contribution in [3.05, 3.63) is 72.4 Å². The zero-order valence-electron chi connectivity index (χ0n) is 13.3. The van der Waals surface area contributed by atoms with Crippen molar-refractivity contribution in [1.29, 1.82) is 0 Å². The summed E-state index contributed by atoms with van der Waals surface area (Å²) in [5.41, 5.74) is 4.77. The van der Waals surface area contributed by atoms with Crippen LogP contribution in [0.1, 0.15) is 11.1 Å². The third-order valence-electron chi connectivity index (χ3n) is 4.19. The van der Waals surface area contributed by atoms with Gasteiger partial charge in [0, 0.05) is 43.8 Å². The molecule has 1 aliphatic heterocycles. The van der Waals surface area contributed by atoms with Gasteiger partial charge in [-0.25, -0.2) is 9.97 Å². The Morgan fingerprint density at radius 3 is 2.83 bits per heavy atom. The molecular formula is C19H18N4O. The Labute approximate surface area is 141 Å². The predicted molar refractivity (Wildman–Crippen MR) is 91.3 cm³/mol. The summed E-state index contributed by atoms with van der Waals surface area (Å²) in [7, 11) is 0. The van der Waals surface area contributed by atoms with E-state index in [1.807, 2.05) is 30.7 Å². The first-order valence-electron chi connectivity index (χ1n) is 8.02. The first kappa shape index (κ1) is 14.8. The van der Waals surface area contributed by atoms with Crippen molar-refractivity contribution in [2.75, 3.05) is 13.2 Å². The molecule has 1 aliphatic rings. The fourth-order valence-corrected chi connectivity index (χ4v) is 3.02. The van der Waals surface area contributed by atoms with Crippen molar-refractivity contribution in [3.63, 3.8) is 0 Å². The molecule has 0 fully saturated rings. The smallest absolute Gasteiger partial charge is 0.220 e. The second kappa shape index (κ2) is 6.76. The highest BCUT2D eigenvalue weighted by Gasteiger charge is 2.17. The highest BCUT2D eigenvalue weighted by molar-refractivity contribution is 5.66. The molecule has 24 heavy (non-hydrogen) atoms. The van der Waals surface area contributed by atoms with Crippen molar-refractivity contribution in [2.45, 2.75) is 13.1 Å². The minimum Gasteiger partial charge on any atom is -0.476 e. The quantitative estimate of drug-likeness (QED) is 0.743. The van der Waals surface area contributed by atoms with E-state index in [1.54, 1.807) is 0 Å². The van der Waals surface area contributed by atoms with E-state index in [-0.39, 0.29) is 0 Å². The van der Waals surface area contributed by atoms with Gasteiger partial charge in [-0.15, -0.1) is 0 Å². The predicted octanol–water partition coefficient (Wildman–Crippen LogP) is 2.93. The lowest BCUT2D eigenvalue weighted by Crippen LogP contribution is -2.25. The van der Waals surface area contributed by atoms with Crippen molar-refractivity contribution in [1.82, 2.24) is 19.9 Å². The summed E-state index contributed by atoms with van der Waals surface area (Å²) >= 11 is 0. The molecular weight excluding hydrogens is 300 g/mol. The summed E-state index contributed by atoms with van der Waals surface area (Å²) in [4.78, 5) is 14.8. The van der Waals surface area contributed by atoms with Crippen LogP contribution >= 0.6 is 0 Å². The molecule has 0 saturated heterocycles. The zero-order valence-corrected chi connectivity index (χ0v) is 13.3. The Kier molecular flexibility index (Phi) is 4.16. The normalized spacial score (nSPS) is 14.5. The minimum atomic E-state index is 0.640. The van der Waals surface area contributed by atoms with Crippen LogP contribution in [0.3, 0.4) is 0 Å². The van der Waals surface area contributed by atoms with Crippen LogP contribution in [0.5, 0.6) is 5.88 Å². The highest BCUT2D eigenvalue weighted by Crippen LogP contribution is 2.26. The van der Waals surface area contributed by atoms with E-state index < -0.39 is 0 Å². The Balaban J connectivity index is 1.60. The number of hydrogen-bond acceptors (Lipinski definition) is 5. The van der Waals surface area contributed by atoms with Crippen LogP contribution in [0.4, 0.5) is 0 Å². The first-order valence-corrected chi connectivity index (χ1v) is 8.02. The Morgan fingerprint density at radius 1 is 1.04 bits per heavy atom. The summed E-state index contributed by atoms with van der Waals surface area (Å²) in [5, 5.41) is 0. The SMILES string of the molecule is c1ccc(-c2ccncc2)c(CN2CCOc3ncncc3C2)c1. The molecule has 120 valence electrons. The summed E-state index contributed by atoms with van der Waals surface area (Å²) in [6.45, 7) is 3.15. The number of nitrogens with zero attached hydrogens (tertiary/aromatic N) is 4. The zero-order chi connectivity index (χ0) is 16.2. The number of ether oxygens (including phenoxy) is 1. The standard InChI is InChI=1S/C19H18N4O/c1-2-4-18(15-5-7-20-8-6-15)16(3-1)12-23-9-10-24-19-17(13-23)11-21-14-22-19/h1-8,11,14H,9-10,12-13H2. The summed E-state index contributed by atoms with van der Waals surface area (Å²) < 4.78 is 5.73. The lowest BCUT2D eigenvalue weighted by molar-refractivity contribution is 0.217. The number of fused-ring (bicyclic) bond motifs is 1. The molecule has 0 radical (unpaired) electrons. The maximum absolute atomic E-state index is 5.73. The average molecular weight is 318 g/mol. The van der Waals surface area contributed by atoms with Crippen LogP contribution < -0.4 is 4.74 Å². The van der Waals surface area contributed by atoms with Gasteiger partial charge in [0.1, 0.15) is 12.9 Å². The van der Waals surface area contributed by atoms with Gasteiger partial charge in [0.05, 0.1) is 0 Å². The molecule has 0 unspecified atom stereocenters. The molecule has 0 bridgehead atoms.